The molecule has 1 atom stereocenters. The highest BCUT2D eigenvalue weighted by molar-refractivity contribution is 5.80. The number of guanidine groups is 1. The van der Waals surface area contributed by atoms with Crippen LogP contribution in [0.25, 0.3) is 0 Å². The Morgan fingerprint density at radius 3 is 2.88 bits per heavy atom. The Balaban J connectivity index is 1.64. The maximum atomic E-state index is 5.33. The first-order valence-corrected chi connectivity index (χ1v) is 9.35. The molecule has 1 aromatic heterocycles. The number of benzene rings is 1. The lowest BCUT2D eigenvalue weighted by atomic mass is 9.99. The van der Waals surface area contributed by atoms with E-state index in [0.717, 1.165) is 37.6 Å². The molecule has 0 aliphatic carbocycles. The van der Waals surface area contributed by atoms with E-state index in [1.165, 1.54) is 12.0 Å². The lowest BCUT2D eigenvalue weighted by Gasteiger charge is -2.22. The molecular formula is C21H28N4O. The van der Waals surface area contributed by atoms with Crippen molar-refractivity contribution in [1.82, 2.24) is 15.2 Å². The predicted octanol–water partition coefficient (Wildman–Crippen LogP) is 3.12. The Morgan fingerprint density at radius 1 is 1.27 bits per heavy atom. The summed E-state index contributed by atoms with van der Waals surface area (Å²) in [6.45, 7) is 5.64. The molecule has 0 radical (unpaired) electrons. The normalized spacial score (nSPS) is 17.4. The van der Waals surface area contributed by atoms with Crippen molar-refractivity contribution in [2.24, 2.45) is 10.9 Å². The minimum atomic E-state index is 0.569. The predicted molar refractivity (Wildman–Crippen MR) is 105 cm³/mol. The van der Waals surface area contributed by atoms with Gasteiger partial charge in [-0.15, -0.1) is 0 Å². The van der Waals surface area contributed by atoms with Crippen molar-refractivity contribution in [3.63, 3.8) is 0 Å². The Kier molecular flexibility index (Phi) is 6.47. The summed E-state index contributed by atoms with van der Waals surface area (Å²) in [6.07, 6.45) is 4.08. The maximum Gasteiger partial charge on any atom is 0.218 e. The average molecular weight is 352 g/mol. The fourth-order valence-electron chi connectivity index (χ4n) is 3.45. The molecule has 2 heterocycles. The Labute approximate surface area is 156 Å². The van der Waals surface area contributed by atoms with Crippen LogP contribution in [0.5, 0.6) is 5.88 Å². The molecule has 5 heteroatoms. The molecule has 0 bridgehead atoms. The van der Waals surface area contributed by atoms with Crippen LogP contribution in [0.2, 0.25) is 0 Å². The van der Waals surface area contributed by atoms with E-state index >= 15 is 0 Å². The van der Waals surface area contributed by atoms with Crippen molar-refractivity contribution < 1.29 is 4.74 Å². The molecule has 1 aliphatic rings. The fourth-order valence-corrected chi connectivity index (χ4v) is 3.45. The number of likely N-dealkylation sites (tertiary alicyclic amines) is 1. The Bertz CT molecular complexity index is 717. The second-order valence-corrected chi connectivity index (χ2v) is 6.63. The van der Waals surface area contributed by atoms with Crippen LogP contribution >= 0.6 is 0 Å². The van der Waals surface area contributed by atoms with Crippen LogP contribution in [-0.2, 0) is 13.0 Å². The van der Waals surface area contributed by atoms with Gasteiger partial charge in [0.05, 0.1) is 13.7 Å². The van der Waals surface area contributed by atoms with Gasteiger partial charge in [-0.1, -0.05) is 36.4 Å². The van der Waals surface area contributed by atoms with Crippen LogP contribution in [0.4, 0.5) is 0 Å². The molecule has 1 unspecified atom stereocenters. The van der Waals surface area contributed by atoms with E-state index < -0.39 is 0 Å². The number of pyridine rings is 1. The largest absolute Gasteiger partial charge is 0.481 e. The number of aliphatic imine (C=N–C) groups is 1. The number of nitrogens with zero attached hydrogens (tertiary/aromatic N) is 3. The summed E-state index contributed by atoms with van der Waals surface area (Å²) >= 11 is 0. The first-order chi connectivity index (χ1) is 12.8. The second-order valence-electron chi connectivity index (χ2n) is 6.63. The Hall–Kier alpha value is -2.56. The summed E-state index contributed by atoms with van der Waals surface area (Å²) in [5, 5.41) is 3.43. The molecule has 1 N–H and O–H groups in total. The van der Waals surface area contributed by atoms with Crippen LogP contribution in [-0.4, -0.2) is 42.6 Å². The van der Waals surface area contributed by atoms with Crippen molar-refractivity contribution in [3.05, 3.63) is 59.8 Å². The second kappa shape index (κ2) is 9.22. The molecule has 3 rings (SSSR count). The third-order valence-corrected chi connectivity index (χ3v) is 4.73. The van der Waals surface area contributed by atoms with E-state index in [1.807, 2.05) is 12.1 Å². The highest BCUT2D eigenvalue weighted by Gasteiger charge is 2.25. The van der Waals surface area contributed by atoms with Crippen molar-refractivity contribution in [2.45, 2.75) is 26.3 Å². The number of nitrogens with one attached hydrogen (secondary N) is 1. The number of aromatic nitrogens is 1. The SMILES string of the molecule is CCNC(=NCc1cccnc1OC)N1CCC(Cc2ccccc2)C1. The Morgan fingerprint density at radius 2 is 2.12 bits per heavy atom. The van der Waals surface area contributed by atoms with Gasteiger partial charge in [0.15, 0.2) is 5.96 Å². The van der Waals surface area contributed by atoms with E-state index in [2.05, 4.69) is 52.5 Å². The van der Waals surface area contributed by atoms with Gasteiger partial charge >= 0.3 is 0 Å². The van der Waals surface area contributed by atoms with E-state index in [9.17, 15) is 0 Å². The molecule has 138 valence electrons. The molecule has 1 aromatic carbocycles. The summed E-state index contributed by atoms with van der Waals surface area (Å²) in [5.74, 6) is 2.30. The van der Waals surface area contributed by atoms with Gasteiger partial charge in [-0.2, -0.15) is 0 Å². The lowest BCUT2D eigenvalue weighted by molar-refractivity contribution is 0.392. The third-order valence-electron chi connectivity index (χ3n) is 4.73. The molecular weight excluding hydrogens is 324 g/mol. The molecule has 0 saturated carbocycles. The summed E-state index contributed by atoms with van der Waals surface area (Å²) in [6, 6.07) is 14.7. The zero-order chi connectivity index (χ0) is 18.2. The molecule has 26 heavy (non-hydrogen) atoms. The van der Waals surface area contributed by atoms with Crippen LogP contribution in [0.3, 0.4) is 0 Å². The molecule has 2 aromatic rings. The summed E-state index contributed by atoms with van der Waals surface area (Å²) in [5.41, 5.74) is 2.42. The highest BCUT2D eigenvalue weighted by Crippen LogP contribution is 2.21. The van der Waals surface area contributed by atoms with Gasteiger partial charge in [0.25, 0.3) is 0 Å². The molecule has 1 fully saturated rings. The van der Waals surface area contributed by atoms with E-state index in [0.29, 0.717) is 18.3 Å². The van der Waals surface area contributed by atoms with Crippen LogP contribution in [0.15, 0.2) is 53.7 Å². The van der Waals surface area contributed by atoms with Gasteiger partial charge in [0.2, 0.25) is 5.88 Å². The van der Waals surface area contributed by atoms with E-state index in [-0.39, 0.29) is 0 Å². The van der Waals surface area contributed by atoms with Crippen molar-refractivity contribution >= 4 is 5.96 Å². The number of ether oxygens (including phenoxy) is 1. The monoisotopic (exact) mass is 352 g/mol. The zero-order valence-electron chi connectivity index (χ0n) is 15.7. The topological polar surface area (TPSA) is 49.8 Å². The number of methoxy groups -OCH3 is 1. The molecule has 5 nitrogen and oxygen atoms in total. The third kappa shape index (κ3) is 4.75. The number of rotatable bonds is 6. The molecule has 1 aliphatic heterocycles. The van der Waals surface area contributed by atoms with Crippen LogP contribution < -0.4 is 10.1 Å². The summed E-state index contributed by atoms with van der Waals surface area (Å²) in [4.78, 5) is 11.5. The maximum absolute atomic E-state index is 5.33. The average Bonchev–Trinajstić information content (AvgIpc) is 3.14. The highest BCUT2D eigenvalue weighted by atomic mass is 16.5. The molecule has 0 spiro atoms. The first-order valence-electron chi connectivity index (χ1n) is 9.35. The van der Waals surface area contributed by atoms with Gasteiger partial charge in [-0.3, -0.25) is 0 Å². The van der Waals surface area contributed by atoms with E-state index in [4.69, 9.17) is 9.73 Å². The number of hydrogen-bond acceptors (Lipinski definition) is 3. The van der Waals surface area contributed by atoms with Crippen molar-refractivity contribution in [3.8, 4) is 5.88 Å². The van der Waals surface area contributed by atoms with Gasteiger partial charge in [-0.25, -0.2) is 9.98 Å². The first kappa shape index (κ1) is 18.2. The number of hydrogen-bond donors (Lipinski definition) is 1. The van der Waals surface area contributed by atoms with Gasteiger partial charge in [-0.05, 0) is 37.3 Å². The minimum Gasteiger partial charge on any atom is -0.481 e. The van der Waals surface area contributed by atoms with Gasteiger partial charge in [0.1, 0.15) is 0 Å². The van der Waals surface area contributed by atoms with Crippen LogP contribution in [0.1, 0.15) is 24.5 Å². The molecule has 1 saturated heterocycles. The smallest absolute Gasteiger partial charge is 0.218 e. The van der Waals surface area contributed by atoms with Crippen molar-refractivity contribution in [1.29, 1.82) is 0 Å². The van der Waals surface area contributed by atoms with Gasteiger partial charge < -0.3 is 15.0 Å². The summed E-state index contributed by atoms with van der Waals surface area (Å²) in [7, 11) is 1.65. The minimum absolute atomic E-state index is 0.569. The van der Waals surface area contributed by atoms with Crippen LogP contribution in [0, 0.1) is 5.92 Å². The van der Waals surface area contributed by atoms with E-state index in [1.54, 1.807) is 13.3 Å². The standard InChI is InChI=1S/C21H28N4O/c1-3-22-21(24-15-19-10-7-12-23-20(19)26-2)25-13-11-18(16-25)14-17-8-5-4-6-9-17/h4-10,12,18H,3,11,13-16H2,1-2H3,(H,22,24). The zero-order valence-corrected chi connectivity index (χ0v) is 15.7. The van der Waals surface area contributed by atoms with Crippen molar-refractivity contribution in [2.75, 3.05) is 26.7 Å². The van der Waals surface area contributed by atoms with Gasteiger partial charge in [0, 0.05) is 31.4 Å². The fraction of sp³-hybridized carbons (Fsp3) is 0.429. The molecule has 0 amide bonds. The lowest BCUT2D eigenvalue weighted by Crippen LogP contribution is -2.40. The quantitative estimate of drug-likeness (QED) is 0.641. The summed E-state index contributed by atoms with van der Waals surface area (Å²) < 4.78 is 5.33.